The molecule has 0 saturated heterocycles. The van der Waals surface area contributed by atoms with Gasteiger partial charge in [0.1, 0.15) is 5.82 Å². The van der Waals surface area contributed by atoms with Gasteiger partial charge < -0.3 is 0 Å². The van der Waals surface area contributed by atoms with Gasteiger partial charge in [-0.05, 0) is 35.4 Å². The van der Waals surface area contributed by atoms with E-state index in [1.165, 1.54) is 24.3 Å². The first-order valence-corrected chi connectivity index (χ1v) is 5.22. The monoisotopic (exact) mass is 247 g/mol. The third kappa shape index (κ3) is 2.35. The maximum atomic E-state index is 13.6. The van der Waals surface area contributed by atoms with Crippen LogP contribution in [0.2, 0.25) is 0 Å². The van der Waals surface area contributed by atoms with Crippen LogP contribution < -0.4 is 0 Å². The average molecular weight is 247 g/mol. The highest BCUT2D eigenvalue weighted by Crippen LogP contribution is 2.25. The molecule has 0 aliphatic heterocycles. The number of hydrogen-bond donors (Lipinski definition) is 0. The molecule has 0 atom stereocenters. The van der Waals surface area contributed by atoms with Gasteiger partial charge in [0.05, 0.1) is 12.5 Å². The Balaban J connectivity index is 2.52. The molecule has 0 spiro atoms. The minimum Gasteiger partial charge on any atom is -0.206 e. The van der Waals surface area contributed by atoms with E-state index in [4.69, 9.17) is 5.26 Å². The maximum Gasteiger partial charge on any atom is 0.159 e. The molecular weight excluding hydrogens is 239 g/mol. The first-order valence-electron chi connectivity index (χ1n) is 5.22. The van der Waals surface area contributed by atoms with Gasteiger partial charge in [-0.1, -0.05) is 12.1 Å². The van der Waals surface area contributed by atoms with Crippen molar-refractivity contribution in [3.8, 4) is 17.2 Å². The molecule has 2 rings (SSSR count). The van der Waals surface area contributed by atoms with Gasteiger partial charge in [-0.25, -0.2) is 13.2 Å². The quantitative estimate of drug-likeness (QED) is 0.791. The summed E-state index contributed by atoms with van der Waals surface area (Å²) in [7, 11) is 0. The predicted octanol–water partition coefficient (Wildman–Crippen LogP) is 3.84. The van der Waals surface area contributed by atoms with Crippen molar-refractivity contribution in [3.63, 3.8) is 0 Å². The van der Waals surface area contributed by atoms with Gasteiger partial charge in [0.15, 0.2) is 11.6 Å². The molecule has 0 radical (unpaired) electrons. The molecule has 0 heterocycles. The molecule has 90 valence electrons. The number of rotatable bonds is 2. The van der Waals surface area contributed by atoms with Crippen LogP contribution in [0.5, 0.6) is 0 Å². The second kappa shape index (κ2) is 4.92. The highest BCUT2D eigenvalue weighted by molar-refractivity contribution is 5.65. The topological polar surface area (TPSA) is 23.8 Å². The lowest BCUT2D eigenvalue weighted by Crippen LogP contribution is -1.91. The van der Waals surface area contributed by atoms with Crippen LogP contribution in [0.15, 0.2) is 36.4 Å². The fourth-order valence-corrected chi connectivity index (χ4v) is 1.66. The molecular formula is C14H8F3N. The SMILES string of the molecule is N#CCc1ccc(F)c(-c2ccc(F)c(F)c2)c1. The van der Waals surface area contributed by atoms with Crippen molar-refractivity contribution in [1.29, 1.82) is 5.26 Å². The third-order valence-electron chi connectivity index (χ3n) is 2.54. The minimum atomic E-state index is -1.03. The van der Waals surface area contributed by atoms with Gasteiger partial charge in [0, 0.05) is 5.56 Å². The highest BCUT2D eigenvalue weighted by Gasteiger charge is 2.09. The molecule has 0 aromatic heterocycles. The van der Waals surface area contributed by atoms with Crippen LogP contribution in [0.4, 0.5) is 13.2 Å². The lowest BCUT2D eigenvalue weighted by atomic mass is 10.0. The lowest BCUT2D eigenvalue weighted by molar-refractivity contribution is 0.509. The van der Waals surface area contributed by atoms with Crippen LogP contribution in [0.3, 0.4) is 0 Å². The summed E-state index contributed by atoms with van der Waals surface area (Å²) in [5.74, 6) is -2.55. The van der Waals surface area contributed by atoms with Crippen molar-refractivity contribution in [3.05, 3.63) is 59.4 Å². The Morgan fingerprint density at radius 2 is 1.61 bits per heavy atom. The molecule has 0 amide bonds. The molecule has 2 aromatic rings. The predicted molar refractivity (Wildman–Crippen MR) is 61.1 cm³/mol. The Labute approximate surface area is 102 Å². The molecule has 0 unspecified atom stereocenters. The Hall–Kier alpha value is -2.28. The van der Waals surface area contributed by atoms with Crippen molar-refractivity contribution < 1.29 is 13.2 Å². The standard InChI is InChI=1S/C14H8F3N/c15-12-3-1-9(5-6-18)7-11(12)10-2-4-13(16)14(17)8-10/h1-4,7-8H,5H2. The lowest BCUT2D eigenvalue weighted by Gasteiger charge is -2.06. The number of nitriles is 1. The summed E-state index contributed by atoms with van der Waals surface area (Å²) in [6, 6.07) is 9.29. The van der Waals surface area contributed by atoms with Crippen molar-refractivity contribution in [1.82, 2.24) is 0 Å². The molecule has 0 saturated carbocycles. The first kappa shape index (κ1) is 12.2. The van der Waals surface area contributed by atoms with Gasteiger partial charge in [0.25, 0.3) is 0 Å². The minimum absolute atomic E-state index is 0.136. The van der Waals surface area contributed by atoms with E-state index in [1.54, 1.807) is 0 Å². The molecule has 1 nitrogen and oxygen atoms in total. The largest absolute Gasteiger partial charge is 0.206 e. The van der Waals surface area contributed by atoms with Crippen LogP contribution in [-0.2, 0) is 6.42 Å². The highest BCUT2D eigenvalue weighted by atomic mass is 19.2. The van der Waals surface area contributed by atoms with E-state index in [9.17, 15) is 13.2 Å². The number of hydrogen-bond acceptors (Lipinski definition) is 1. The molecule has 0 fully saturated rings. The van der Waals surface area contributed by atoms with Crippen LogP contribution in [0.25, 0.3) is 11.1 Å². The zero-order chi connectivity index (χ0) is 13.1. The van der Waals surface area contributed by atoms with Crippen LogP contribution in [-0.4, -0.2) is 0 Å². The molecule has 0 N–H and O–H groups in total. The molecule has 0 bridgehead atoms. The van der Waals surface area contributed by atoms with Gasteiger partial charge in [-0.2, -0.15) is 5.26 Å². The van der Waals surface area contributed by atoms with Crippen LogP contribution >= 0.6 is 0 Å². The summed E-state index contributed by atoms with van der Waals surface area (Å²) in [5.41, 5.74) is 1.02. The third-order valence-corrected chi connectivity index (χ3v) is 2.54. The number of halogens is 3. The maximum absolute atomic E-state index is 13.6. The van der Waals surface area contributed by atoms with Gasteiger partial charge >= 0.3 is 0 Å². The number of nitrogens with zero attached hydrogens (tertiary/aromatic N) is 1. The van der Waals surface area contributed by atoms with E-state index in [0.717, 1.165) is 12.1 Å². The van der Waals surface area contributed by atoms with Crippen molar-refractivity contribution in [2.45, 2.75) is 6.42 Å². The van der Waals surface area contributed by atoms with Crippen molar-refractivity contribution in [2.75, 3.05) is 0 Å². The Bertz CT molecular complexity index is 629. The summed E-state index contributed by atoms with van der Waals surface area (Å²) in [4.78, 5) is 0. The zero-order valence-electron chi connectivity index (χ0n) is 9.25. The Morgan fingerprint density at radius 1 is 0.889 bits per heavy atom. The number of benzene rings is 2. The van der Waals surface area contributed by atoms with E-state index in [-0.39, 0.29) is 17.5 Å². The summed E-state index contributed by atoms with van der Waals surface area (Å²) < 4.78 is 39.5. The van der Waals surface area contributed by atoms with E-state index < -0.39 is 17.5 Å². The summed E-state index contributed by atoms with van der Waals surface area (Å²) in [6.45, 7) is 0. The first-order chi connectivity index (χ1) is 8.61. The fraction of sp³-hybridized carbons (Fsp3) is 0.0714. The molecule has 2 aromatic carbocycles. The van der Waals surface area contributed by atoms with E-state index in [0.29, 0.717) is 5.56 Å². The van der Waals surface area contributed by atoms with Gasteiger partial charge in [-0.3, -0.25) is 0 Å². The van der Waals surface area contributed by atoms with E-state index >= 15 is 0 Å². The summed E-state index contributed by atoms with van der Waals surface area (Å²) in [6.07, 6.45) is 0.136. The van der Waals surface area contributed by atoms with E-state index in [2.05, 4.69) is 0 Å². The Morgan fingerprint density at radius 3 is 2.28 bits per heavy atom. The van der Waals surface area contributed by atoms with Crippen LogP contribution in [0, 0.1) is 28.8 Å². The van der Waals surface area contributed by atoms with Crippen molar-refractivity contribution >= 4 is 0 Å². The summed E-state index contributed by atoms with van der Waals surface area (Å²) in [5, 5.41) is 8.58. The Kier molecular flexibility index (Phi) is 3.33. The van der Waals surface area contributed by atoms with Crippen molar-refractivity contribution in [2.24, 2.45) is 0 Å². The summed E-state index contributed by atoms with van der Waals surface area (Å²) >= 11 is 0. The van der Waals surface area contributed by atoms with Crippen LogP contribution in [0.1, 0.15) is 5.56 Å². The molecule has 0 aliphatic rings. The average Bonchev–Trinajstić information content (AvgIpc) is 2.35. The van der Waals surface area contributed by atoms with Gasteiger partial charge in [-0.15, -0.1) is 0 Å². The second-order valence-electron chi connectivity index (χ2n) is 3.78. The smallest absolute Gasteiger partial charge is 0.159 e. The second-order valence-corrected chi connectivity index (χ2v) is 3.78. The zero-order valence-corrected chi connectivity index (χ0v) is 9.25. The molecule has 18 heavy (non-hydrogen) atoms. The molecule has 4 heteroatoms. The van der Waals surface area contributed by atoms with E-state index in [1.807, 2.05) is 6.07 Å². The molecule has 0 aliphatic carbocycles. The normalized spacial score (nSPS) is 10.1. The fourth-order valence-electron chi connectivity index (χ4n) is 1.66. The van der Waals surface area contributed by atoms with Gasteiger partial charge in [0.2, 0.25) is 0 Å².